The maximum atomic E-state index is 6.47. The Bertz CT molecular complexity index is 1710. The molecule has 3 aromatic carbocycles. The lowest BCUT2D eigenvalue weighted by atomic mass is 9.87. The van der Waals surface area contributed by atoms with Crippen molar-refractivity contribution in [3.8, 4) is 45.8 Å². The summed E-state index contributed by atoms with van der Waals surface area (Å²) in [4.78, 5) is 0. The molecule has 5 rings (SSSR count). The fourth-order valence-electron chi connectivity index (χ4n) is 7.38. The van der Waals surface area contributed by atoms with Crippen LogP contribution in [-0.4, -0.2) is 20.4 Å². The minimum atomic E-state index is 0.494. The molecular weight excluding hydrogens is 641 g/mol. The van der Waals surface area contributed by atoms with Crippen LogP contribution < -0.4 is 0 Å². The summed E-state index contributed by atoms with van der Waals surface area (Å²) in [6.07, 6.45) is 20.6. The van der Waals surface area contributed by atoms with Gasteiger partial charge in [-0.3, -0.25) is 0 Å². The summed E-state index contributed by atoms with van der Waals surface area (Å²) in [5.74, 6) is 2.17. The van der Waals surface area contributed by atoms with Crippen molar-refractivity contribution in [3.63, 3.8) is 0 Å². The number of aryl methyl sites for hydroxylation is 2. The summed E-state index contributed by atoms with van der Waals surface area (Å²) in [6, 6.07) is 17.1. The third-order valence-corrected chi connectivity index (χ3v) is 10.4. The number of nitrogens with zero attached hydrogens (tertiary/aromatic N) is 4. The van der Waals surface area contributed by atoms with Crippen molar-refractivity contribution in [1.29, 1.82) is 0 Å². The van der Waals surface area contributed by atoms with Gasteiger partial charge in [-0.25, -0.2) is 0 Å². The molecule has 0 aliphatic rings. The molecule has 278 valence electrons. The first-order valence-electron chi connectivity index (χ1n) is 20.6. The van der Waals surface area contributed by atoms with Crippen LogP contribution in [0.2, 0.25) is 0 Å². The first kappa shape index (κ1) is 39.2. The summed E-state index contributed by atoms with van der Waals surface area (Å²) in [7, 11) is 0. The highest BCUT2D eigenvalue weighted by molar-refractivity contribution is 5.69. The zero-order chi connectivity index (χ0) is 36.7. The molecule has 2 aromatic heterocycles. The van der Waals surface area contributed by atoms with E-state index in [1.165, 1.54) is 84.7 Å². The predicted octanol–water partition coefficient (Wildman–Crippen LogP) is 13.2. The summed E-state index contributed by atoms with van der Waals surface area (Å²) in [6.45, 7) is 13.6. The molecular formula is C46H62N4O2. The van der Waals surface area contributed by atoms with Crippen molar-refractivity contribution in [3.05, 3.63) is 81.9 Å². The van der Waals surface area contributed by atoms with Gasteiger partial charge in [0.25, 0.3) is 0 Å². The summed E-state index contributed by atoms with van der Waals surface area (Å²) in [5, 5.41) is 18.3. The lowest BCUT2D eigenvalue weighted by Crippen LogP contribution is -2.04. The van der Waals surface area contributed by atoms with Crippen molar-refractivity contribution in [2.75, 3.05) is 0 Å². The molecule has 6 nitrogen and oxygen atoms in total. The number of hydrogen-bond acceptors (Lipinski definition) is 6. The number of hydrogen-bond donors (Lipinski definition) is 0. The lowest BCUT2D eigenvalue weighted by Gasteiger charge is -2.18. The second kappa shape index (κ2) is 20.3. The Labute approximate surface area is 313 Å². The van der Waals surface area contributed by atoms with E-state index in [0.29, 0.717) is 23.6 Å². The summed E-state index contributed by atoms with van der Waals surface area (Å²) >= 11 is 0. The van der Waals surface area contributed by atoms with Crippen molar-refractivity contribution >= 4 is 0 Å². The summed E-state index contributed by atoms with van der Waals surface area (Å²) in [5.41, 5.74) is 12.6. The van der Waals surface area contributed by atoms with Crippen LogP contribution in [0, 0.1) is 0 Å². The number of rotatable bonds is 22. The molecule has 0 spiro atoms. The number of unbranched alkanes of at least 4 members (excludes halogenated alkanes) is 6. The van der Waals surface area contributed by atoms with Gasteiger partial charge < -0.3 is 8.83 Å². The minimum absolute atomic E-state index is 0.494. The molecule has 2 heterocycles. The lowest BCUT2D eigenvalue weighted by molar-refractivity contribution is 0.581. The van der Waals surface area contributed by atoms with E-state index >= 15 is 0 Å². The summed E-state index contributed by atoms with van der Waals surface area (Å²) < 4.78 is 12.9. The Morgan fingerprint density at radius 2 is 0.731 bits per heavy atom. The number of aromatic nitrogens is 4. The maximum Gasteiger partial charge on any atom is 0.248 e. The molecule has 0 fully saturated rings. The average molecular weight is 703 g/mol. The highest BCUT2D eigenvalue weighted by atomic mass is 16.4. The van der Waals surface area contributed by atoms with E-state index in [1.54, 1.807) is 0 Å². The number of benzene rings is 3. The van der Waals surface area contributed by atoms with E-state index in [0.717, 1.165) is 86.5 Å². The van der Waals surface area contributed by atoms with Crippen molar-refractivity contribution in [2.24, 2.45) is 0 Å². The van der Waals surface area contributed by atoms with Gasteiger partial charge in [-0.15, -0.1) is 20.4 Å². The van der Waals surface area contributed by atoms with Gasteiger partial charge in [-0.1, -0.05) is 98.3 Å². The Balaban J connectivity index is 1.47. The topological polar surface area (TPSA) is 77.8 Å². The highest BCUT2D eigenvalue weighted by Crippen LogP contribution is 2.36. The molecule has 0 radical (unpaired) electrons. The monoisotopic (exact) mass is 702 g/mol. The zero-order valence-corrected chi connectivity index (χ0v) is 33.0. The largest absolute Gasteiger partial charge is 0.416 e. The molecule has 0 saturated heterocycles. The van der Waals surface area contributed by atoms with Crippen LogP contribution in [-0.2, 0) is 38.5 Å². The van der Waals surface area contributed by atoms with Gasteiger partial charge in [0.05, 0.1) is 0 Å². The van der Waals surface area contributed by atoms with E-state index in [-0.39, 0.29) is 0 Å². The van der Waals surface area contributed by atoms with Crippen LogP contribution >= 0.6 is 0 Å². The Hall–Kier alpha value is -4.06. The Kier molecular flexibility index (Phi) is 15.2. The van der Waals surface area contributed by atoms with Gasteiger partial charge >= 0.3 is 0 Å². The van der Waals surface area contributed by atoms with Gasteiger partial charge in [0.15, 0.2) is 0 Å². The Morgan fingerprint density at radius 1 is 0.385 bits per heavy atom. The minimum Gasteiger partial charge on any atom is -0.416 e. The smallest absolute Gasteiger partial charge is 0.248 e. The van der Waals surface area contributed by atoms with Gasteiger partial charge in [-0.05, 0) is 141 Å². The molecule has 5 aromatic rings. The normalized spacial score (nSPS) is 11.5. The molecule has 0 bridgehead atoms. The van der Waals surface area contributed by atoms with Gasteiger partial charge in [0, 0.05) is 22.3 Å². The quantitative estimate of drug-likeness (QED) is 0.0714. The molecule has 0 unspecified atom stereocenters. The van der Waals surface area contributed by atoms with E-state index in [9.17, 15) is 0 Å². The van der Waals surface area contributed by atoms with E-state index in [4.69, 9.17) is 8.83 Å². The highest BCUT2D eigenvalue weighted by Gasteiger charge is 2.21. The molecule has 0 N–H and O–H groups in total. The van der Waals surface area contributed by atoms with Gasteiger partial charge in [-0.2, -0.15) is 0 Å². The van der Waals surface area contributed by atoms with Crippen LogP contribution in [0.4, 0.5) is 0 Å². The molecule has 0 aliphatic heterocycles. The van der Waals surface area contributed by atoms with Gasteiger partial charge in [0.2, 0.25) is 23.6 Å². The van der Waals surface area contributed by atoms with Crippen molar-refractivity contribution < 1.29 is 8.83 Å². The van der Waals surface area contributed by atoms with E-state index in [1.807, 2.05) is 24.3 Å². The fourth-order valence-corrected chi connectivity index (χ4v) is 7.38. The van der Waals surface area contributed by atoms with Crippen molar-refractivity contribution in [2.45, 2.75) is 157 Å². The van der Waals surface area contributed by atoms with E-state index < -0.39 is 0 Å². The second-order valence-corrected chi connectivity index (χ2v) is 14.5. The van der Waals surface area contributed by atoms with Crippen molar-refractivity contribution in [1.82, 2.24) is 20.4 Å². The van der Waals surface area contributed by atoms with Crippen LogP contribution in [0.25, 0.3) is 45.8 Å². The molecule has 0 amide bonds. The van der Waals surface area contributed by atoms with Crippen LogP contribution in [0.15, 0.2) is 57.4 Å². The third kappa shape index (κ3) is 9.67. The molecule has 0 saturated carbocycles. The third-order valence-electron chi connectivity index (χ3n) is 10.4. The van der Waals surface area contributed by atoms with E-state index in [2.05, 4.69) is 86.2 Å². The van der Waals surface area contributed by atoms with Gasteiger partial charge in [0.1, 0.15) is 0 Å². The van der Waals surface area contributed by atoms with Crippen LogP contribution in [0.1, 0.15) is 152 Å². The molecule has 6 heteroatoms. The van der Waals surface area contributed by atoms with Crippen LogP contribution in [0.3, 0.4) is 0 Å². The molecule has 0 atom stereocenters. The fraction of sp³-hybridized carbons (Fsp3) is 0.522. The van der Waals surface area contributed by atoms with Crippen LogP contribution in [0.5, 0.6) is 0 Å². The molecule has 52 heavy (non-hydrogen) atoms. The predicted molar refractivity (Wildman–Crippen MR) is 216 cm³/mol. The zero-order valence-electron chi connectivity index (χ0n) is 33.0. The first-order valence-corrected chi connectivity index (χ1v) is 20.6. The SMILES string of the molecule is CCCCc1ccc(-c2nnc(-c3cccc(-c4nnc(-c5ccc(CCCC)c(CCCC)c5CCCC)o4)c3)o2)c(CCCC)c1CCCC. The Morgan fingerprint density at radius 3 is 1.12 bits per heavy atom. The maximum absolute atomic E-state index is 6.47. The first-order chi connectivity index (χ1) is 25.6. The average Bonchev–Trinajstić information content (AvgIpc) is 3.87. The standard InChI is InChI=1S/C46H62N4O2/c1-7-13-20-33-28-30-41(39(26-17-11-5)37(33)24-15-9-3)45-49-47-43(51-45)35-22-19-23-36(32-35)44-48-50-46(52-44)42-31-29-34(21-14-8-2)38(25-16-10-4)40(42)27-18-12-6/h19,22-23,28-32H,7-18,20-21,24-27H2,1-6H3. The molecule has 0 aliphatic carbocycles. The second-order valence-electron chi connectivity index (χ2n) is 14.5.